The third-order valence-electron chi connectivity index (χ3n) is 5.35. The number of allylic oxidation sites excluding steroid dienone is 1. The number of ether oxygens (including phenoxy) is 2. The fourth-order valence-electron chi connectivity index (χ4n) is 3.49. The molecule has 0 aliphatic carbocycles. The first-order valence-electron chi connectivity index (χ1n) is 10.8. The minimum absolute atomic E-state index is 0.132. The van der Waals surface area contributed by atoms with Crippen molar-refractivity contribution in [3.05, 3.63) is 72.2 Å². The molecule has 6 heteroatoms. The Morgan fingerprint density at radius 2 is 1.87 bits per heavy atom. The van der Waals surface area contributed by atoms with Crippen LogP contribution in [0.25, 0.3) is 0 Å². The number of piperidine rings is 1. The molecule has 0 atom stereocenters. The summed E-state index contributed by atoms with van der Waals surface area (Å²) in [6.07, 6.45) is 10.5. The zero-order valence-corrected chi connectivity index (χ0v) is 18.4. The number of benzene rings is 1. The molecular formula is C25H31N3O3. The topological polar surface area (TPSA) is 64.0 Å². The quantitative estimate of drug-likeness (QED) is 0.573. The van der Waals surface area contributed by atoms with Crippen molar-refractivity contribution < 1.29 is 14.3 Å². The second-order valence-corrected chi connectivity index (χ2v) is 7.52. The van der Waals surface area contributed by atoms with Crippen LogP contribution in [0.4, 0.5) is 0 Å². The second-order valence-electron chi connectivity index (χ2n) is 7.52. The Bertz CT molecular complexity index is 871. The molecule has 2 heterocycles. The highest BCUT2D eigenvalue weighted by atomic mass is 16.5. The SMILES string of the molecule is CC/C=C\N=C(/COC1CCN(C(=O)Cc2ccc(OC)cc2)CC1)c1ccncc1. The predicted octanol–water partition coefficient (Wildman–Crippen LogP) is 4.05. The number of nitrogens with zero attached hydrogens (tertiary/aromatic N) is 3. The van der Waals surface area contributed by atoms with Gasteiger partial charge in [-0.05, 0) is 49.1 Å². The van der Waals surface area contributed by atoms with Crippen LogP contribution in [-0.2, 0) is 16.0 Å². The molecule has 1 aromatic heterocycles. The lowest BCUT2D eigenvalue weighted by Crippen LogP contribution is -2.42. The lowest BCUT2D eigenvalue weighted by atomic mass is 10.1. The molecule has 1 aromatic carbocycles. The number of carbonyl (C=O) groups is 1. The van der Waals surface area contributed by atoms with Crippen molar-refractivity contribution in [1.29, 1.82) is 0 Å². The van der Waals surface area contributed by atoms with Crippen LogP contribution in [0.1, 0.15) is 37.3 Å². The summed E-state index contributed by atoms with van der Waals surface area (Å²) in [5.74, 6) is 0.960. The van der Waals surface area contributed by atoms with E-state index in [-0.39, 0.29) is 12.0 Å². The van der Waals surface area contributed by atoms with Crippen molar-refractivity contribution in [2.24, 2.45) is 4.99 Å². The van der Waals surface area contributed by atoms with Gasteiger partial charge in [-0.15, -0.1) is 0 Å². The molecule has 164 valence electrons. The van der Waals surface area contributed by atoms with Gasteiger partial charge in [0.25, 0.3) is 0 Å². The third kappa shape index (κ3) is 7.03. The molecule has 0 spiro atoms. The number of rotatable bonds is 9. The Kier molecular flexibility index (Phi) is 8.79. The Balaban J connectivity index is 1.48. The highest BCUT2D eigenvalue weighted by Crippen LogP contribution is 2.17. The van der Waals surface area contributed by atoms with Crippen LogP contribution < -0.4 is 4.74 Å². The fraction of sp³-hybridized carbons (Fsp3) is 0.400. The molecule has 0 unspecified atom stereocenters. The fourth-order valence-corrected chi connectivity index (χ4v) is 3.49. The van der Waals surface area contributed by atoms with E-state index in [1.54, 1.807) is 19.5 Å². The predicted molar refractivity (Wildman–Crippen MR) is 122 cm³/mol. The van der Waals surface area contributed by atoms with Gasteiger partial charge in [0.15, 0.2) is 0 Å². The number of hydrogen-bond acceptors (Lipinski definition) is 5. The molecule has 0 radical (unpaired) electrons. The van der Waals surface area contributed by atoms with Crippen molar-refractivity contribution in [2.45, 2.75) is 38.7 Å². The zero-order chi connectivity index (χ0) is 21.9. The van der Waals surface area contributed by atoms with E-state index >= 15 is 0 Å². The van der Waals surface area contributed by atoms with Gasteiger partial charge in [-0.1, -0.05) is 25.1 Å². The van der Waals surface area contributed by atoms with E-state index in [2.05, 4.69) is 16.9 Å². The van der Waals surface area contributed by atoms with Gasteiger partial charge in [-0.3, -0.25) is 14.8 Å². The van der Waals surface area contributed by atoms with E-state index in [0.29, 0.717) is 13.0 Å². The van der Waals surface area contributed by atoms with Gasteiger partial charge in [0, 0.05) is 37.2 Å². The summed E-state index contributed by atoms with van der Waals surface area (Å²) >= 11 is 0. The van der Waals surface area contributed by atoms with E-state index in [0.717, 1.165) is 54.9 Å². The molecule has 3 rings (SSSR count). The van der Waals surface area contributed by atoms with Crippen LogP contribution in [0.15, 0.2) is 66.1 Å². The number of carbonyl (C=O) groups excluding carboxylic acids is 1. The molecular weight excluding hydrogens is 390 g/mol. The van der Waals surface area contributed by atoms with Gasteiger partial charge in [0.05, 0.1) is 32.0 Å². The molecule has 0 saturated carbocycles. The lowest BCUT2D eigenvalue weighted by Gasteiger charge is -2.32. The smallest absolute Gasteiger partial charge is 0.226 e. The van der Waals surface area contributed by atoms with Crippen LogP contribution in [-0.4, -0.2) is 54.4 Å². The van der Waals surface area contributed by atoms with E-state index in [1.165, 1.54) is 0 Å². The molecule has 1 aliphatic rings. The minimum Gasteiger partial charge on any atom is -0.497 e. The molecule has 1 aliphatic heterocycles. The minimum atomic E-state index is 0.132. The van der Waals surface area contributed by atoms with Gasteiger partial charge in [-0.25, -0.2) is 0 Å². The average molecular weight is 422 g/mol. The van der Waals surface area contributed by atoms with Crippen LogP contribution in [0.3, 0.4) is 0 Å². The Morgan fingerprint density at radius 1 is 1.16 bits per heavy atom. The van der Waals surface area contributed by atoms with Crippen molar-refractivity contribution in [3.8, 4) is 5.75 Å². The maximum absolute atomic E-state index is 12.6. The Hall–Kier alpha value is -2.99. The molecule has 2 aromatic rings. The standard InChI is InChI=1S/C25H31N3O3/c1-3-4-13-27-24(21-9-14-26-15-10-21)19-31-23-11-16-28(17-12-23)25(29)18-20-5-7-22(30-2)8-6-20/h4-10,13-15,23H,3,11-12,16-19H2,1-2H3/b13-4-,27-24+. The van der Waals surface area contributed by atoms with Crippen molar-refractivity contribution in [2.75, 3.05) is 26.8 Å². The van der Waals surface area contributed by atoms with Gasteiger partial charge in [-0.2, -0.15) is 0 Å². The maximum atomic E-state index is 12.6. The van der Waals surface area contributed by atoms with Crippen molar-refractivity contribution in [3.63, 3.8) is 0 Å². The largest absolute Gasteiger partial charge is 0.497 e. The molecule has 0 N–H and O–H groups in total. The molecule has 0 bridgehead atoms. The van der Waals surface area contributed by atoms with E-state index in [1.807, 2.05) is 53.6 Å². The molecule has 1 amide bonds. The summed E-state index contributed by atoms with van der Waals surface area (Å²) in [4.78, 5) is 23.2. The van der Waals surface area contributed by atoms with E-state index in [4.69, 9.17) is 9.47 Å². The number of hydrogen-bond donors (Lipinski definition) is 0. The summed E-state index contributed by atoms with van der Waals surface area (Å²) in [5, 5.41) is 0. The van der Waals surface area contributed by atoms with Gasteiger partial charge in [0.1, 0.15) is 5.75 Å². The average Bonchev–Trinajstić information content (AvgIpc) is 2.82. The molecule has 31 heavy (non-hydrogen) atoms. The highest BCUT2D eigenvalue weighted by Gasteiger charge is 2.23. The third-order valence-corrected chi connectivity index (χ3v) is 5.35. The summed E-state index contributed by atoms with van der Waals surface area (Å²) in [7, 11) is 1.64. The first-order valence-corrected chi connectivity index (χ1v) is 10.8. The van der Waals surface area contributed by atoms with Crippen molar-refractivity contribution in [1.82, 2.24) is 9.88 Å². The summed E-state index contributed by atoms with van der Waals surface area (Å²) < 4.78 is 11.3. The Morgan fingerprint density at radius 3 is 2.52 bits per heavy atom. The first-order chi connectivity index (χ1) is 15.2. The second kappa shape index (κ2) is 12.0. The zero-order valence-electron chi connectivity index (χ0n) is 18.4. The van der Waals surface area contributed by atoms with Crippen LogP contribution in [0.2, 0.25) is 0 Å². The van der Waals surface area contributed by atoms with Crippen LogP contribution in [0, 0.1) is 0 Å². The maximum Gasteiger partial charge on any atom is 0.226 e. The van der Waals surface area contributed by atoms with Crippen LogP contribution >= 0.6 is 0 Å². The van der Waals surface area contributed by atoms with Gasteiger partial charge >= 0.3 is 0 Å². The first kappa shape index (κ1) is 22.7. The highest BCUT2D eigenvalue weighted by molar-refractivity contribution is 6.01. The van der Waals surface area contributed by atoms with Crippen LogP contribution in [0.5, 0.6) is 5.75 Å². The summed E-state index contributed by atoms with van der Waals surface area (Å²) in [6, 6.07) is 11.6. The number of pyridine rings is 1. The number of likely N-dealkylation sites (tertiary alicyclic amines) is 1. The molecule has 1 saturated heterocycles. The summed E-state index contributed by atoms with van der Waals surface area (Å²) in [6.45, 7) is 3.97. The molecule has 6 nitrogen and oxygen atoms in total. The van der Waals surface area contributed by atoms with Gasteiger partial charge in [0.2, 0.25) is 5.91 Å². The Labute approximate surface area is 184 Å². The number of methoxy groups -OCH3 is 1. The number of aromatic nitrogens is 1. The monoisotopic (exact) mass is 421 g/mol. The molecule has 1 fully saturated rings. The van der Waals surface area contributed by atoms with E-state index < -0.39 is 0 Å². The van der Waals surface area contributed by atoms with Gasteiger partial charge < -0.3 is 14.4 Å². The number of amides is 1. The number of aliphatic imine (C=N–C) groups is 1. The normalized spacial score (nSPS) is 15.4. The summed E-state index contributed by atoms with van der Waals surface area (Å²) in [5.41, 5.74) is 2.91. The van der Waals surface area contributed by atoms with Crippen molar-refractivity contribution >= 4 is 11.6 Å². The lowest BCUT2D eigenvalue weighted by molar-refractivity contribution is -0.132. The van der Waals surface area contributed by atoms with E-state index in [9.17, 15) is 4.79 Å².